The van der Waals surface area contributed by atoms with Crippen LogP contribution in [0, 0.1) is 0 Å². The first-order chi connectivity index (χ1) is 23.4. The van der Waals surface area contributed by atoms with Crippen molar-refractivity contribution in [1.29, 1.82) is 0 Å². The molecule has 0 bridgehead atoms. The van der Waals surface area contributed by atoms with Crippen LogP contribution in [0.5, 0.6) is 0 Å². The Labute approximate surface area is 267 Å². The zero-order chi connectivity index (χ0) is 30.6. The highest BCUT2D eigenvalue weighted by atomic mass is 15.0. The van der Waals surface area contributed by atoms with Crippen molar-refractivity contribution in [2.24, 2.45) is 0 Å². The molecule has 6 heteroatoms. The average Bonchev–Trinajstić information content (AvgIpc) is 3.80. The molecule has 0 saturated heterocycles. The average molecular weight is 601 g/mol. The fourth-order valence-corrected chi connectivity index (χ4v) is 7.94. The quantitative estimate of drug-likeness (QED) is 0.186. The highest BCUT2D eigenvalue weighted by Crippen LogP contribution is 2.46. The first-order valence-corrected chi connectivity index (χ1v) is 15.8. The Balaban J connectivity index is 1.43. The van der Waals surface area contributed by atoms with Crippen LogP contribution in [0.25, 0.3) is 93.3 Å². The first-order valence-electron chi connectivity index (χ1n) is 15.8. The Hall–Kier alpha value is -6.53. The number of rotatable bonds is 2. The van der Waals surface area contributed by atoms with Gasteiger partial charge in [0.15, 0.2) is 0 Å². The molecule has 47 heavy (non-hydrogen) atoms. The molecule has 0 fully saturated rings. The van der Waals surface area contributed by atoms with Crippen molar-refractivity contribution in [3.05, 3.63) is 146 Å². The number of benzene rings is 5. The lowest BCUT2D eigenvalue weighted by Crippen LogP contribution is -1.97. The normalized spacial score (nSPS) is 12.3. The van der Waals surface area contributed by atoms with Crippen LogP contribution >= 0.6 is 0 Å². The molecule has 5 aromatic carbocycles. The zero-order valence-corrected chi connectivity index (χ0v) is 25.0. The number of imidazole rings is 1. The van der Waals surface area contributed by atoms with Crippen LogP contribution in [0.4, 0.5) is 0 Å². The van der Waals surface area contributed by atoms with E-state index in [9.17, 15) is 0 Å². The third-order valence-corrected chi connectivity index (χ3v) is 9.76. The summed E-state index contributed by atoms with van der Waals surface area (Å²) < 4.78 is 7.06. The van der Waals surface area contributed by atoms with E-state index in [2.05, 4.69) is 139 Å². The number of nitrogens with zero attached hydrogens (tertiary/aromatic N) is 6. The number of hydrogen-bond acceptors (Lipinski definition) is 3. The van der Waals surface area contributed by atoms with Gasteiger partial charge in [0, 0.05) is 67.7 Å². The predicted molar refractivity (Wildman–Crippen MR) is 192 cm³/mol. The molecule has 0 saturated carbocycles. The number of hydrogen-bond donors (Lipinski definition) is 0. The molecule has 11 rings (SSSR count). The molecule has 6 aromatic heterocycles. The molecule has 6 nitrogen and oxygen atoms in total. The lowest BCUT2D eigenvalue weighted by Gasteiger charge is -2.13. The van der Waals surface area contributed by atoms with Gasteiger partial charge in [-0.2, -0.15) is 0 Å². The van der Waals surface area contributed by atoms with Crippen LogP contribution in [0.15, 0.2) is 146 Å². The Morgan fingerprint density at radius 1 is 0.404 bits per heavy atom. The van der Waals surface area contributed by atoms with Gasteiger partial charge in [-0.25, -0.2) is 4.98 Å². The third-order valence-electron chi connectivity index (χ3n) is 9.76. The van der Waals surface area contributed by atoms with Crippen molar-refractivity contribution >= 4 is 82.0 Å². The van der Waals surface area contributed by atoms with Crippen LogP contribution < -0.4 is 0 Å². The lowest BCUT2D eigenvalue weighted by atomic mass is 10.0. The first kappa shape index (κ1) is 24.8. The molecule has 0 amide bonds. The number of fused-ring (bicyclic) bond motifs is 16. The van der Waals surface area contributed by atoms with Crippen molar-refractivity contribution in [3.63, 3.8) is 0 Å². The summed E-state index contributed by atoms with van der Waals surface area (Å²) in [6.45, 7) is 0. The van der Waals surface area contributed by atoms with E-state index in [-0.39, 0.29) is 0 Å². The minimum Gasteiger partial charge on any atom is -0.309 e. The SMILES string of the molecule is c1ccc(-n2c3ccccc3c3c4c5ccc6c(c7cnccc7n7c8cnccc8nc67)c5n(-c5ccccc5)c4ccc32)cc1. The Kier molecular flexibility index (Phi) is 4.75. The van der Waals surface area contributed by atoms with Gasteiger partial charge in [0.05, 0.1) is 44.8 Å². The number of pyridine rings is 3. The maximum Gasteiger partial charge on any atom is 0.146 e. The number of para-hydroxylation sites is 3. The van der Waals surface area contributed by atoms with E-state index in [1.807, 2.05) is 30.9 Å². The fraction of sp³-hybridized carbons (Fsp3) is 0. The maximum absolute atomic E-state index is 5.17. The van der Waals surface area contributed by atoms with Gasteiger partial charge in [0.2, 0.25) is 0 Å². The topological polar surface area (TPSA) is 52.9 Å². The second-order valence-electron chi connectivity index (χ2n) is 12.1. The Morgan fingerprint density at radius 3 is 1.89 bits per heavy atom. The van der Waals surface area contributed by atoms with E-state index in [4.69, 9.17) is 4.98 Å². The highest BCUT2D eigenvalue weighted by molar-refractivity contribution is 6.34. The van der Waals surface area contributed by atoms with E-state index < -0.39 is 0 Å². The summed E-state index contributed by atoms with van der Waals surface area (Å²) >= 11 is 0. The van der Waals surface area contributed by atoms with E-state index in [1.54, 1.807) is 0 Å². The fourth-order valence-electron chi connectivity index (χ4n) is 7.94. The van der Waals surface area contributed by atoms with Gasteiger partial charge in [-0.15, -0.1) is 0 Å². The molecule has 0 unspecified atom stereocenters. The van der Waals surface area contributed by atoms with Gasteiger partial charge >= 0.3 is 0 Å². The lowest BCUT2D eigenvalue weighted by molar-refractivity contribution is 1.17. The second-order valence-corrected chi connectivity index (χ2v) is 12.1. The van der Waals surface area contributed by atoms with Gasteiger partial charge in [0.1, 0.15) is 5.65 Å². The van der Waals surface area contributed by atoms with Crippen LogP contribution in [0.1, 0.15) is 0 Å². The molecule has 0 aliphatic rings. The van der Waals surface area contributed by atoms with Gasteiger partial charge in [-0.1, -0.05) is 60.7 Å². The van der Waals surface area contributed by atoms with E-state index >= 15 is 0 Å². The van der Waals surface area contributed by atoms with Crippen molar-refractivity contribution in [3.8, 4) is 11.4 Å². The molecule has 6 heterocycles. The molecular formula is C41H24N6. The maximum atomic E-state index is 5.17. The van der Waals surface area contributed by atoms with Gasteiger partial charge in [-0.05, 0) is 60.7 Å². The summed E-state index contributed by atoms with van der Waals surface area (Å²) in [4.78, 5) is 14.3. The monoisotopic (exact) mass is 600 g/mol. The number of aromatic nitrogens is 6. The second kappa shape index (κ2) is 9.02. The van der Waals surface area contributed by atoms with Crippen molar-refractivity contribution in [2.75, 3.05) is 0 Å². The summed E-state index contributed by atoms with van der Waals surface area (Å²) in [6, 6.07) is 43.3. The molecule has 0 radical (unpaired) electrons. The van der Waals surface area contributed by atoms with Crippen molar-refractivity contribution in [2.45, 2.75) is 0 Å². The van der Waals surface area contributed by atoms with Gasteiger partial charge in [0.25, 0.3) is 0 Å². The predicted octanol–water partition coefficient (Wildman–Crippen LogP) is 9.78. The highest BCUT2D eigenvalue weighted by Gasteiger charge is 2.24. The molecule has 11 aromatic rings. The minimum absolute atomic E-state index is 0.916. The summed E-state index contributed by atoms with van der Waals surface area (Å²) in [6.07, 6.45) is 7.58. The molecule has 218 valence electrons. The molecule has 0 aliphatic heterocycles. The van der Waals surface area contributed by atoms with Crippen molar-refractivity contribution < 1.29 is 0 Å². The van der Waals surface area contributed by atoms with Gasteiger partial charge in [-0.3, -0.25) is 14.4 Å². The molecule has 0 atom stereocenters. The molecule has 0 N–H and O–H groups in total. The van der Waals surface area contributed by atoms with Gasteiger partial charge < -0.3 is 9.13 Å². The Morgan fingerprint density at radius 2 is 1.06 bits per heavy atom. The minimum atomic E-state index is 0.916. The van der Waals surface area contributed by atoms with Crippen LogP contribution in [0.3, 0.4) is 0 Å². The Bertz CT molecular complexity index is 3060. The molecule has 0 spiro atoms. The van der Waals surface area contributed by atoms with E-state index in [0.29, 0.717) is 0 Å². The zero-order valence-electron chi connectivity index (χ0n) is 25.0. The van der Waals surface area contributed by atoms with E-state index in [0.717, 1.165) is 60.8 Å². The molecular weight excluding hydrogens is 576 g/mol. The van der Waals surface area contributed by atoms with Crippen molar-refractivity contribution in [1.82, 2.24) is 28.5 Å². The summed E-state index contributed by atoms with van der Waals surface area (Å²) in [5.74, 6) is 0. The smallest absolute Gasteiger partial charge is 0.146 e. The summed E-state index contributed by atoms with van der Waals surface area (Å²) in [7, 11) is 0. The van der Waals surface area contributed by atoms with E-state index in [1.165, 1.54) is 32.6 Å². The molecule has 0 aliphatic carbocycles. The third kappa shape index (κ3) is 3.16. The standard InChI is InChI=1S/C41H24N6/c1-3-9-25(10-4-1)45-32-14-8-7-13-27(32)38-34(45)17-18-35-39(38)28-15-16-29-37(40(28)46(35)26-11-5-2-6-12-26)30-23-42-22-20-33(30)47-36-24-43-21-19-31(36)44-41(29)47/h1-24H. The summed E-state index contributed by atoms with van der Waals surface area (Å²) in [5, 5.41) is 8.22. The van der Waals surface area contributed by atoms with Crippen LogP contribution in [-0.4, -0.2) is 28.5 Å². The summed E-state index contributed by atoms with van der Waals surface area (Å²) in [5.41, 5.74) is 10.8. The van der Waals surface area contributed by atoms with Crippen LogP contribution in [-0.2, 0) is 0 Å². The van der Waals surface area contributed by atoms with Crippen LogP contribution in [0.2, 0.25) is 0 Å². The largest absolute Gasteiger partial charge is 0.309 e.